The Morgan fingerprint density at radius 1 is 1.05 bits per heavy atom. The van der Waals surface area contributed by atoms with Crippen LogP contribution in [0.2, 0.25) is 0 Å². The molecule has 3 rings (SSSR count). The van der Waals surface area contributed by atoms with Crippen LogP contribution in [0.25, 0.3) is 11.2 Å². The number of nitrogens with one attached hydrogen (secondary N) is 1. The van der Waals surface area contributed by atoms with Crippen molar-refractivity contribution in [1.82, 2.24) is 19.9 Å². The summed E-state index contributed by atoms with van der Waals surface area (Å²) in [5, 5.41) is 3.24. The molecular weight excluding hydrogens is 254 g/mol. The van der Waals surface area contributed by atoms with Crippen molar-refractivity contribution in [2.75, 3.05) is 12.4 Å². The van der Waals surface area contributed by atoms with Gasteiger partial charge >= 0.3 is 0 Å². The Labute approximate surface area is 115 Å². The molecule has 0 spiro atoms. The summed E-state index contributed by atoms with van der Waals surface area (Å²) in [7, 11) is 1.60. The first kappa shape index (κ1) is 12.3. The minimum Gasteiger partial charge on any atom is -0.481 e. The maximum absolute atomic E-state index is 5.09. The van der Waals surface area contributed by atoms with E-state index in [-0.39, 0.29) is 0 Å². The van der Waals surface area contributed by atoms with Gasteiger partial charge in [0, 0.05) is 31.2 Å². The average molecular weight is 267 g/mol. The number of pyridine rings is 2. The maximum atomic E-state index is 5.09. The molecule has 0 atom stereocenters. The van der Waals surface area contributed by atoms with Crippen molar-refractivity contribution in [1.29, 1.82) is 0 Å². The monoisotopic (exact) mass is 267 g/mol. The second-order valence-electron chi connectivity index (χ2n) is 4.16. The number of fused-ring (bicyclic) bond motifs is 1. The first-order chi connectivity index (χ1) is 9.85. The summed E-state index contributed by atoms with van der Waals surface area (Å²) in [6.07, 6.45) is 5.00. The predicted octanol–water partition coefficient (Wildman–Crippen LogP) is 2.04. The van der Waals surface area contributed by atoms with Crippen molar-refractivity contribution < 1.29 is 4.74 Å². The third kappa shape index (κ3) is 2.64. The highest BCUT2D eigenvalue weighted by atomic mass is 16.5. The van der Waals surface area contributed by atoms with E-state index in [0.717, 1.165) is 16.9 Å². The van der Waals surface area contributed by atoms with Crippen molar-refractivity contribution >= 4 is 17.0 Å². The largest absolute Gasteiger partial charge is 0.481 e. The quantitative estimate of drug-likeness (QED) is 0.779. The van der Waals surface area contributed by atoms with Gasteiger partial charge in [0.1, 0.15) is 11.3 Å². The molecule has 3 aromatic rings. The van der Waals surface area contributed by atoms with Crippen LogP contribution in [0.1, 0.15) is 5.56 Å². The predicted molar refractivity (Wildman–Crippen MR) is 75.4 cm³/mol. The number of hydrogen-bond donors (Lipinski definition) is 1. The second-order valence-corrected chi connectivity index (χ2v) is 4.16. The van der Waals surface area contributed by atoms with E-state index in [0.29, 0.717) is 18.1 Å². The number of hydrogen-bond acceptors (Lipinski definition) is 6. The number of aromatic nitrogens is 4. The molecule has 3 heterocycles. The van der Waals surface area contributed by atoms with Gasteiger partial charge in [-0.2, -0.15) is 0 Å². The van der Waals surface area contributed by atoms with Gasteiger partial charge in [-0.25, -0.2) is 15.0 Å². The fraction of sp³-hybridized carbons (Fsp3) is 0.143. The molecular formula is C14H13N5O. The van der Waals surface area contributed by atoms with Crippen LogP contribution in [0.15, 0.2) is 42.9 Å². The van der Waals surface area contributed by atoms with Crippen molar-refractivity contribution in [3.05, 3.63) is 48.4 Å². The lowest BCUT2D eigenvalue weighted by molar-refractivity contribution is 0.397. The molecule has 0 saturated carbocycles. The summed E-state index contributed by atoms with van der Waals surface area (Å²) in [5.41, 5.74) is 2.48. The fourth-order valence-electron chi connectivity index (χ4n) is 1.82. The molecule has 0 aliphatic carbocycles. The zero-order valence-electron chi connectivity index (χ0n) is 10.9. The number of ether oxygens (including phenoxy) is 1. The Hall–Kier alpha value is -2.76. The first-order valence-electron chi connectivity index (χ1n) is 6.16. The molecule has 0 fully saturated rings. The van der Waals surface area contributed by atoms with Crippen LogP contribution >= 0.6 is 0 Å². The Morgan fingerprint density at radius 2 is 1.95 bits per heavy atom. The lowest BCUT2D eigenvalue weighted by atomic mass is 10.2. The third-order valence-electron chi connectivity index (χ3n) is 2.81. The van der Waals surface area contributed by atoms with E-state index in [1.54, 1.807) is 25.7 Å². The van der Waals surface area contributed by atoms with Gasteiger partial charge in [0.15, 0.2) is 5.65 Å². The van der Waals surface area contributed by atoms with Gasteiger partial charge in [-0.05, 0) is 23.8 Å². The number of anilines is 1. The lowest BCUT2D eigenvalue weighted by Crippen LogP contribution is -2.02. The highest BCUT2D eigenvalue weighted by molar-refractivity contribution is 5.71. The Balaban J connectivity index is 1.76. The first-order valence-corrected chi connectivity index (χ1v) is 6.16. The van der Waals surface area contributed by atoms with E-state index in [1.807, 2.05) is 24.3 Å². The molecule has 1 N–H and O–H groups in total. The maximum Gasteiger partial charge on any atom is 0.213 e. The number of methoxy groups -OCH3 is 1. The van der Waals surface area contributed by atoms with Crippen molar-refractivity contribution in [2.45, 2.75) is 6.54 Å². The summed E-state index contributed by atoms with van der Waals surface area (Å²) in [6, 6.07) is 7.59. The van der Waals surface area contributed by atoms with Gasteiger partial charge in [-0.15, -0.1) is 0 Å². The molecule has 0 unspecified atom stereocenters. The minimum absolute atomic E-state index is 0.599. The van der Waals surface area contributed by atoms with E-state index in [9.17, 15) is 0 Å². The number of rotatable bonds is 4. The lowest BCUT2D eigenvalue weighted by Gasteiger charge is -2.07. The molecule has 100 valence electrons. The molecule has 6 heteroatoms. The van der Waals surface area contributed by atoms with Gasteiger partial charge < -0.3 is 10.1 Å². The van der Waals surface area contributed by atoms with Crippen molar-refractivity contribution in [2.24, 2.45) is 0 Å². The summed E-state index contributed by atoms with van der Waals surface area (Å²) in [4.78, 5) is 16.8. The van der Waals surface area contributed by atoms with Crippen LogP contribution < -0.4 is 10.1 Å². The zero-order valence-corrected chi connectivity index (χ0v) is 10.9. The molecule has 3 aromatic heterocycles. The molecule has 0 saturated heterocycles. The van der Waals surface area contributed by atoms with Crippen LogP contribution in [0.5, 0.6) is 5.88 Å². The van der Waals surface area contributed by atoms with E-state index in [4.69, 9.17) is 4.74 Å². The standard InChI is InChI=1S/C14H13N5O/c1-20-13-8-10(4-5-16-13)9-18-12-3-2-11-14(19-12)17-7-6-15-11/h2-8H,9H2,1H3,(H,17,18,19). The highest BCUT2D eigenvalue weighted by Gasteiger charge is 2.01. The zero-order chi connectivity index (χ0) is 13.8. The SMILES string of the molecule is COc1cc(CNc2ccc3nccnc3n2)ccn1. The summed E-state index contributed by atoms with van der Waals surface area (Å²) < 4.78 is 5.09. The molecule has 0 radical (unpaired) electrons. The van der Waals surface area contributed by atoms with Gasteiger partial charge in [0.25, 0.3) is 0 Å². The van der Waals surface area contributed by atoms with Gasteiger partial charge in [0.05, 0.1) is 7.11 Å². The van der Waals surface area contributed by atoms with Gasteiger partial charge in [0.2, 0.25) is 5.88 Å². The van der Waals surface area contributed by atoms with Crippen LogP contribution in [0, 0.1) is 0 Å². The summed E-state index contributed by atoms with van der Waals surface area (Å²) >= 11 is 0. The van der Waals surface area contributed by atoms with Crippen LogP contribution in [-0.4, -0.2) is 27.0 Å². The molecule has 0 amide bonds. The molecule has 20 heavy (non-hydrogen) atoms. The van der Waals surface area contributed by atoms with Crippen molar-refractivity contribution in [3.8, 4) is 5.88 Å². The highest BCUT2D eigenvalue weighted by Crippen LogP contribution is 2.13. The molecule has 0 aliphatic rings. The normalized spacial score (nSPS) is 10.4. The minimum atomic E-state index is 0.599. The van der Waals surface area contributed by atoms with E-state index >= 15 is 0 Å². The van der Waals surface area contributed by atoms with E-state index in [2.05, 4.69) is 25.3 Å². The van der Waals surface area contributed by atoms with Crippen molar-refractivity contribution in [3.63, 3.8) is 0 Å². The Bertz CT molecular complexity index is 731. The van der Waals surface area contributed by atoms with Crippen LogP contribution in [-0.2, 0) is 6.54 Å². The fourth-order valence-corrected chi connectivity index (χ4v) is 1.82. The molecule has 0 bridgehead atoms. The van der Waals surface area contributed by atoms with E-state index < -0.39 is 0 Å². The van der Waals surface area contributed by atoms with Crippen LogP contribution in [0.3, 0.4) is 0 Å². The molecule has 0 aromatic carbocycles. The van der Waals surface area contributed by atoms with Gasteiger partial charge in [-0.1, -0.05) is 0 Å². The average Bonchev–Trinajstić information content (AvgIpc) is 2.53. The molecule has 0 aliphatic heterocycles. The Morgan fingerprint density at radius 3 is 2.85 bits per heavy atom. The smallest absolute Gasteiger partial charge is 0.213 e. The van der Waals surface area contributed by atoms with Gasteiger partial charge in [-0.3, -0.25) is 4.98 Å². The summed E-state index contributed by atoms with van der Waals surface area (Å²) in [5.74, 6) is 1.36. The number of nitrogens with zero attached hydrogens (tertiary/aromatic N) is 4. The van der Waals surface area contributed by atoms with E-state index in [1.165, 1.54) is 0 Å². The molecule has 6 nitrogen and oxygen atoms in total. The topological polar surface area (TPSA) is 72.8 Å². The van der Waals surface area contributed by atoms with Crippen LogP contribution in [0.4, 0.5) is 5.82 Å². The summed E-state index contributed by atoms with van der Waals surface area (Å²) in [6.45, 7) is 0.637. The third-order valence-corrected chi connectivity index (χ3v) is 2.81. The Kier molecular flexibility index (Phi) is 3.36. The second kappa shape index (κ2) is 5.48.